The van der Waals surface area contributed by atoms with Gasteiger partial charge in [-0.3, -0.25) is 4.79 Å². The Morgan fingerprint density at radius 1 is 1.24 bits per heavy atom. The number of hydrogen-bond donors (Lipinski definition) is 2. The summed E-state index contributed by atoms with van der Waals surface area (Å²) in [4.78, 5) is 11.8. The molecule has 2 unspecified atom stereocenters. The van der Waals surface area contributed by atoms with E-state index in [4.69, 9.17) is 0 Å². The average molecular weight is 234 g/mol. The van der Waals surface area contributed by atoms with Crippen molar-refractivity contribution in [1.82, 2.24) is 10.6 Å². The van der Waals surface area contributed by atoms with Gasteiger partial charge in [0.1, 0.15) is 0 Å². The zero-order valence-electron chi connectivity index (χ0n) is 11.1. The van der Waals surface area contributed by atoms with Crippen molar-refractivity contribution in [3.05, 3.63) is 35.4 Å². The molecule has 1 aromatic carbocycles. The molecule has 0 aromatic heterocycles. The standard InChI is InChI=1S/C14H22N2O/c1-10-5-7-13(8-6-10)12(3)16-14(17)11(2)9-15-4/h5-8,11-12,15H,9H2,1-4H3,(H,16,17). The Labute approximate surface area is 104 Å². The molecule has 0 bridgehead atoms. The van der Waals surface area contributed by atoms with Gasteiger partial charge in [0.2, 0.25) is 5.91 Å². The van der Waals surface area contributed by atoms with Crippen LogP contribution >= 0.6 is 0 Å². The van der Waals surface area contributed by atoms with Gasteiger partial charge in [-0.05, 0) is 26.5 Å². The van der Waals surface area contributed by atoms with Crippen LogP contribution in [0.3, 0.4) is 0 Å². The lowest BCUT2D eigenvalue weighted by atomic mass is 10.1. The van der Waals surface area contributed by atoms with Crippen molar-refractivity contribution in [2.24, 2.45) is 5.92 Å². The molecule has 2 atom stereocenters. The van der Waals surface area contributed by atoms with E-state index >= 15 is 0 Å². The van der Waals surface area contributed by atoms with E-state index in [0.29, 0.717) is 6.54 Å². The van der Waals surface area contributed by atoms with Crippen molar-refractivity contribution in [2.75, 3.05) is 13.6 Å². The lowest BCUT2D eigenvalue weighted by molar-refractivity contribution is -0.125. The summed E-state index contributed by atoms with van der Waals surface area (Å²) in [6.45, 7) is 6.69. The molecule has 1 aromatic rings. The van der Waals surface area contributed by atoms with E-state index in [9.17, 15) is 4.79 Å². The molecule has 0 heterocycles. The van der Waals surface area contributed by atoms with Crippen molar-refractivity contribution in [1.29, 1.82) is 0 Å². The van der Waals surface area contributed by atoms with E-state index in [1.807, 2.05) is 20.9 Å². The smallest absolute Gasteiger partial charge is 0.224 e. The van der Waals surface area contributed by atoms with Gasteiger partial charge in [0.05, 0.1) is 6.04 Å². The molecule has 0 aliphatic rings. The molecule has 0 fully saturated rings. The summed E-state index contributed by atoms with van der Waals surface area (Å²) in [6.07, 6.45) is 0. The first-order chi connectivity index (χ1) is 8.04. The maximum atomic E-state index is 11.8. The summed E-state index contributed by atoms with van der Waals surface area (Å²) in [5.74, 6) is 0.0836. The third-order valence-electron chi connectivity index (χ3n) is 2.89. The molecule has 1 rings (SSSR count). The van der Waals surface area contributed by atoms with Crippen molar-refractivity contribution in [3.8, 4) is 0 Å². The van der Waals surface area contributed by atoms with Gasteiger partial charge in [-0.25, -0.2) is 0 Å². The second-order valence-corrected chi connectivity index (χ2v) is 4.60. The van der Waals surface area contributed by atoms with Crippen molar-refractivity contribution < 1.29 is 4.79 Å². The van der Waals surface area contributed by atoms with Crippen LogP contribution in [0.4, 0.5) is 0 Å². The molecule has 0 saturated heterocycles. The van der Waals surface area contributed by atoms with Gasteiger partial charge in [-0.1, -0.05) is 36.8 Å². The first-order valence-electron chi connectivity index (χ1n) is 6.06. The summed E-state index contributed by atoms with van der Waals surface area (Å²) in [5, 5.41) is 6.03. The average Bonchev–Trinajstić information content (AvgIpc) is 2.30. The van der Waals surface area contributed by atoms with Crippen LogP contribution in [0.15, 0.2) is 24.3 Å². The van der Waals surface area contributed by atoms with Crippen LogP contribution in [0.25, 0.3) is 0 Å². The summed E-state index contributed by atoms with van der Waals surface area (Å²) in [6, 6.07) is 8.30. The normalized spacial score (nSPS) is 14.1. The summed E-state index contributed by atoms with van der Waals surface area (Å²) >= 11 is 0. The number of carbonyl (C=O) groups excluding carboxylic acids is 1. The summed E-state index contributed by atoms with van der Waals surface area (Å²) in [7, 11) is 1.85. The summed E-state index contributed by atoms with van der Waals surface area (Å²) < 4.78 is 0. The predicted octanol–water partition coefficient (Wildman–Crippen LogP) is 2.03. The molecule has 94 valence electrons. The second kappa shape index (κ2) is 6.40. The number of rotatable bonds is 5. The Bertz CT molecular complexity index is 359. The van der Waals surface area contributed by atoms with Crippen molar-refractivity contribution in [3.63, 3.8) is 0 Å². The molecular formula is C14H22N2O. The Morgan fingerprint density at radius 2 is 1.82 bits per heavy atom. The highest BCUT2D eigenvalue weighted by atomic mass is 16.1. The van der Waals surface area contributed by atoms with Gasteiger partial charge in [0, 0.05) is 12.5 Å². The van der Waals surface area contributed by atoms with Gasteiger partial charge in [0.15, 0.2) is 0 Å². The van der Waals surface area contributed by atoms with E-state index in [-0.39, 0.29) is 17.9 Å². The highest BCUT2D eigenvalue weighted by Crippen LogP contribution is 2.13. The first-order valence-corrected chi connectivity index (χ1v) is 6.06. The molecule has 3 nitrogen and oxygen atoms in total. The maximum Gasteiger partial charge on any atom is 0.224 e. The zero-order chi connectivity index (χ0) is 12.8. The Hall–Kier alpha value is -1.35. The molecular weight excluding hydrogens is 212 g/mol. The molecule has 0 radical (unpaired) electrons. The van der Waals surface area contributed by atoms with Crippen molar-refractivity contribution in [2.45, 2.75) is 26.8 Å². The van der Waals surface area contributed by atoms with E-state index in [2.05, 4.69) is 41.8 Å². The fourth-order valence-corrected chi connectivity index (χ4v) is 1.69. The van der Waals surface area contributed by atoms with Gasteiger partial charge in [0.25, 0.3) is 0 Å². The topological polar surface area (TPSA) is 41.1 Å². The largest absolute Gasteiger partial charge is 0.349 e. The van der Waals surface area contributed by atoms with Crippen LogP contribution in [-0.2, 0) is 4.79 Å². The maximum absolute atomic E-state index is 11.8. The molecule has 0 aliphatic heterocycles. The molecule has 2 N–H and O–H groups in total. The van der Waals surface area contributed by atoms with Crippen LogP contribution in [0.1, 0.15) is 31.0 Å². The molecule has 0 aliphatic carbocycles. The highest BCUT2D eigenvalue weighted by molar-refractivity contribution is 5.78. The van der Waals surface area contributed by atoms with Gasteiger partial charge in [-0.15, -0.1) is 0 Å². The molecule has 3 heteroatoms. The van der Waals surface area contributed by atoms with Gasteiger partial charge < -0.3 is 10.6 Å². The number of aryl methyl sites for hydroxylation is 1. The lowest BCUT2D eigenvalue weighted by Gasteiger charge is -2.18. The van der Waals surface area contributed by atoms with E-state index < -0.39 is 0 Å². The monoisotopic (exact) mass is 234 g/mol. The van der Waals surface area contributed by atoms with E-state index in [1.54, 1.807) is 0 Å². The Balaban J connectivity index is 2.57. The number of hydrogen-bond acceptors (Lipinski definition) is 2. The fourth-order valence-electron chi connectivity index (χ4n) is 1.69. The number of nitrogens with one attached hydrogen (secondary N) is 2. The number of carbonyl (C=O) groups is 1. The minimum absolute atomic E-state index is 0.00658. The SMILES string of the molecule is CNCC(C)C(=O)NC(C)c1ccc(C)cc1. The molecule has 0 spiro atoms. The Morgan fingerprint density at radius 3 is 2.35 bits per heavy atom. The van der Waals surface area contributed by atoms with Crippen LogP contribution in [-0.4, -0.2) is 19.5 Å². The lowest BCUT2D eigenvalue weighted by Crippen LogP contribution is -2.35. The van der Waals surface area contributed by atoms with Crippen LogP contribution < -0.4 is 10.6 Å². The van der Waals surface area contributed by atoms with Crippen LogP contribution in [0, 0.1) is 12.8 Å². The zero-order valence-corrected chi connectivity index (χ0v) is 11.1. The van der Waals surface area contributed by atoms with Gasteiger partial charge >= 0.3 is 0 Å². The molecule has 17 heavy (non-hydrogen) atoms. The summed E-state index contributed by atoms with van der Waals surface area (Å²) in [5.41, 5.74) is 2.37. The Kier molecular flexibility index (Phi) is 5.16. The molecule has 1 amide bonds. The number of benzene rings is 1. The number of amides is 1. The third-order valence-corrected chi connectivity index (χ3v) is 2.89. The molecule has 0 saturated carbocycles. The van der Waals surface area contributed by atoms with E-state index in [1.165, 1.54) is 5.56 Å². The van der Waals surface area contributed by atoms with Crippen LogP contribution in [0.2, 0.25) is 0 Å². The third kappa shape index (κ3) is 4.19. The van der Waals surface area contributed by atoms with Gasteiger partial charge in [-0.2, -0.15) is 0 Å². The second-order valence-electron chi connectivity index (χ2n) is 4.60. The van der Waals surface area contributed by atoms with E-state index in [0.717, 1.165) is 5.56 Å². The van der Waals surface area contributed by atoms with Crippen molar-refractivity contribution >= 4 is 5.91 Å². The minimum Gasteiger partial charge on any atom is -0.349 e. The van der Waals surface area contributed by atoms with Crippen LogP contribution in [0.5, 0.6) is 0 Å². The first kappa shape index (κ1) is 13.7. The predicted molar refractivity (Wildman–Crippen MR) is 70.8 cm³/mol. The quantitative estimate of drug-likeness (QED) is 0.818. The highest BCUT2D eigenvalue weighted by Gasteiger charge is 2.15. The fraction of sp³-hybridized carbons (Fsp3) is 0.500. The minimum atomic E-state index is -0.00658.